The van der Waals surface area contributed by atoms with Crippen molar-refractivity contribution >= 4 is 46.4 Å². The fraction of sp³-hybridized carbons (Fsp3) is 0.545. The third kappa shape index (κ3) is 6.55. The van der Waals surface area contributed by atoms with Gasteiger partial charge in [0.05, 0.1) is 6.54 Å². The summed E-state index contributed by atoms with van der Waals surface area (Å²) in [6, 6.07) is 8.84. The highest BCUT2D eigenvalue weighted by Crippen LogP contribution is 2.19. The Morgan fingerprint density at radius 3 is 2.43 bits per heavy atom. The van der Waals surface area contributed by atoms with Gasteiger partial charge >= 0.3 is 0 Å². The number of thiazole rings is 1. The molecule has 8 heteroatoms. The first-order valence-corrected chi connectivity index (χ1v) is 11.7. The number of rotatable bonds is 5. The lowest BCUT2D eigenvalue weighted by molar-refractivity contribution is 0.277. The van der Waals surface area contributed by atoms with Crippen molar-refractivity contribution in [3.63, 3.8) is 0 Å². The molecule has 0 bridgehead atoms. The number of piperazine rings is 1. The molecule has 1 aromatic carbocycles. The summed E-state index contributed by atoms with van der Waals surface area (Å²) in [6.45, 7) is 7.81. The summed E-state index contributed by atoms with van der Waals surface area (Å²) in [5.74, 6) is 0.654. The summed E-state index contributed by atoms with van der Waals surface area (Å²) >= 11 is 1.69. The summed E-state index contributed by atoms with van der Waals surface area (Å²) in [6.07, 6.45) is 7.28. The van der Waals surface area contributed by atoms with Crippen LogP contribution in [-0.2, 0) is 13.1 Å². The van der Waals surface area contributed by atoms with E-state index in [-0.39, 0.29) is 24.0 Å². The lowest BCUT2D eigenvalue weighted by atomic mass is 10.1. The summed E-state index contributed by atoms with van der Waals surface area (Å²) in [7, 11) is 0. The molecule has 3 heterocycles. The zero-order valence-corrected chi connectivity index (χ0v) is 20.7. The van der Waals surface area contributed by atoms with Crippen LogP contribution in [-0.4, -0.2) is 60.0 Å². The van der Waals surface area contributed by atoms with Crippen LogP contribution in [0, 0.1) is 0 Å². The van der Waals surface area contributed by atoms with E-state index in [0.717, 1.165) is 37.9 Å². The number of aliphatic imine (C=N–C) groups is 1. The molecular weight excluding hydrogens is 507 g/mol. The van der Waals surface area contributed by atoms with Gasteiger partial charge in [0.15, 0.2) is 11.1 Å². The van der Waals surface area contributed by atoms with Crippen molar-refractivity contribution in [2.24, 2.45) is 10.7 Å². The van der Waals surface area contributed by atoms with Gasteiger partial charge < -0.3 is 15.5 Å². The lowest BCUT2D eigenvalue weighted by Crippen LogP contribution is -2.51. The molecule has 30 heavy (non-hydrogen) atoms. The van der Waals surface area contributed by atoms with E-state index in [0.29, 0.717) is 12.5 Å². The monoisotopic (exact) mass is 540 g/mol. The van der Waals surface area contributed by atoms with E-state index in [1.54, 1.807) is 11.3 Å². The summed E-state index contributed by atoms with van der Waals surface area (Å²) in [5.41, 5.74) is 8.92. The van der Waals surface area contributed by atoms with Gasteiger partial charge in [-0.05, 0) is 37.1 Å². The molecule has 0 spiro atoms. The Labute approximate surface area is 201 Å². The Kier molecular flexibility index (Phi) is 9.20. The molecule has 4 rings (SSSR count). The number of hydrogen-bond acceptors (Lipinski definition) is 5. The van der Waals surface area contributed by atoms with Gasteiger partial charge in [0.25, 0.3) is 0 Å². The first-order chi connectivity index (χ1) is 14.3. The summed E-state index contributed by atoms with van der Waals surface area (Å²) in [4.78, 5) is 16.2. The van der Waals surface area contributed by atoms with Crippen molar-refractivity contribution in [1.82, 2.24) is 14.8 Å². The van der Waals surface area contributed by atoms with Gasteiger partial charge in [-0.15, -0.1) is 35.3 Å². The van der Waals surface area contributed by atoms with Crippen LogP contribution in [0.3, 0.4) is 0 Å². The van der Waals surface area contributed by atoms with Crippen LogP contribution in [0.25, 0.3) is 0 Å². The third-order valence-corrected chi connectivity index (χ3v) is 6.65. The van der Waals surface area contributed by atoms with Gasteiger partial charge in [0, 0.05) is 44.3 Å². The van der Waals surface area contributed by atoms with Crippen LogP contribution < -0.4 is 10.6 Å². The van der Waals surface area contributed by atoms with Crippen LogP contribution in [0.4, 0.5) is 5.13 Å². The minimum absolute atomic E-state index is 0. The maximum absolute atomic E-state index is 6.30. The van der Waals surface area contributed by atoms with Gasteiger partial charge in [-0.3, -0.25) is 4.90 Å². The Bertz CT molecular complexity index is 781. The number of likely N-dealkylation sites (tertiary alicyclic amines) is 1. The average molecular weight is 541 g/mol. The maximum Gasteiger partial charge on any atom is 0.191 e. The average Bonchev–Trinajstić information content (AvgIpc) is 3.18. The second-order valence-corrected chi connectivity index (χ2v) is 8.85. The zero-order valence-electron chi connectivity index (χ0n) is 17.6. The maximum atomic E-state index is 6.30. The Balaban J connectivity index is 0.00000256. The predicted molar refractivity (Wildman–Crippen MR) is 137 cm³/mol. The quantitative estimate of drug-likeness (QED) is 0.356. The molecule has 0 atom stereocenters. The molecule has 0 amide bonds. The highest BCUT2D eigenvalue weighted by atomic mass is 127. The summed E-state index contributed by atoms with van der Waals surface area (Å²) in [5, 5.41) is 3.12. The number of halogens is 1. The van der Waals surface area contributed by atoms with Gasteiger partial charge in [0.2, 0.25) is 0 Å². The molecule has 2 N–H and O–H groups in total. The standard InChI is InChI=1S/C22H32N6S.HI/c23-21(27-11-13-28(14-12-27)22-24-8-15-29-22)25-17-19-6-5-7-20(16-19)18-26-9-3-1-2-4-10-26;/h5-8,15-16H,1-4,9-14,17-18H2,(H2,23,25);1H. The molecule has 2 aromatic rings. The third-order valence-electron chi connectivity index (χ3n) is 5.81. The van der Waals surface area contributed by atoms with Gasteiger partial charge in [-0.2, -0.15) is 0 Å². The second-order valence-electron chi connectivity index (χ2n) is 7.97. The minimum Gasteiger partial charge on any atom is -0.370 e. The van der Waals surface area contributed by atoms with E-state index in [1.165, 1.54) is 49.9 Å². The molecule has 2 aliphatic heterocycles. The number of nitrogens with two attached hydrogens (primary N) is 1. The van der Waals surface area contributed by atoms with Gasteiger partial charge in [-0.25, -0.2) is 9.98 Å². The molecule has 2 saturated heterocycles. The fourth-order valence-electron chi connectivity index (χ4n) is 4.15. The first-order valence-electron chi connectivity index (χ1n) is 10.8. The molecule has 6 nitrogen and oxygen atoms in total. The highest BCUT2D eigenvalue weighted by Gasteiger charge is 2.19. The topological polar surface area (TPSA) is 61.0 Å². The number of hydrogen-bond donors (Lipinski definition) is 1. The molecular formula is C22H33IN6S. The SMILES string of the molecule is I.NC(=NCc1cccc(CN2CCCCCC2)c1)N1CCN(c2nccs2)CC1. The molecule has 2 aliphatic rings. The predicted octanol–water partition coefficient (Wildman–Crippen LogP) is 3.77. The fourth-order valence-corrected chi connectivity index (χ4v) is 4.85. The molecule has 0 unspecified atom stereocenters. The van der Waals surface area contributed by atoms with E-state index < -0.39 is 0 Å². The van der Waals surface area contributed by atoms with Gasteiger partial charge in [-0.1, -0.05) is 37.1 Å². The van der Waals surface area contributed by atoms with E-state index in [4.69, 9.17) is 5.73 Å². The van der Waals surface area contributed by atoms with Crippen molar-refractivity contribution in [1.29, 1.82) is 0 Å². The van der Waals surface area contributed by atoms with E-state index in [1.807, 2.05) is 11.6 Å². The smallest absolute Gasteiger partial charge is 0.191 e. The second kappa shape index (κ2) is 11.9. The molecule has 164 valence electrons. The Morgan fingerprint density at radius 2 is 1.73 bits per heavy atom. The van der Waals surface area contributed by atoms with Gasteiger partial charge in [0.1, 0.15) is 0 Å². The number of nitrogens with zero attached hydrogens (tertiary/aromatic N) is 5. The van der Waals surface area contributed by atoms with Crippen molar-refractivity contribution in [2.45, 2.75) is 38.8 Å². The Hall–Kier alpha value is -1.39. The highest BCUT2D eigenvalue weighted by molar-refractivity contribution is 14.0. The van der Waals surface area contributed by atoms with Crippen molar-refractivity contribution in [3.8, 4) is 0 Å². The number of benzene rings is 1. The van der Waals surface area contributed by atoms with Crippen LogP contribution >= 0.6 is 35.3 Å². The molecule has 0 saturated carbocycles. The van der Waals surface area contributed by atoms with E-state index in [9.17, 15) is 0 Å². The zero-order chi connectivity index (χ0) is 19.9. The first kappa shape index (κ1) is 23.3. The van der Waals surface area contributed by atoms with Crippen LogP contribution in [0.15, 0.2) is 40.8 Å². The number of guanidine groups is 1. The summed E-state index contributed by atoms with van der Waals surface area (Å²) < 4.78 is 0. The van der Waals surface area contributed by atoms with E-state index in [2.05, 4.69) is 48.9 Å². The van der Waals surface area contributed by atoms with Crippen molar-refractivity contribution in [3.05, 3.63) is 47.0 Å². The molecule has 0 aliphatic carbocycles. The molecule has 2 fully saturated rings. The number of aromatic nitrogens is 1. The lowest BCUT2D eigenvalue weighted by Gasteiger charge is -2.35. The van der Waals surface area contributed by atoms with Crippen LogP contribution in [0.2, 0.25) is 0 Å². The van der Waals surface area contributed by atoms with Crippen LogP contribution in [0.5, 0.6) is 0 Å². The number of anilines is 1. The molecule has 0 radical (unpaired) electrons. The van der Waals surface area contributed by atoms with Crippen molar-refractivity contribution < 1.29 is 0 Å². The Morgan fingerprint density at radius 1 is 1.00 bits per heavy atom. The normalized spacial score (nSPS) is 18.7. The molecule has 1 aromatic heterocycles. The van der Waals surface area contributed by atoms with Crippen molar-refractivity contribution in [2.75, 3.05) is 44.2 Å². The van der Waals surface area contributed by atoms with Crippen LogP contribution in [0.1, 0.15) is 36.8 Å². The van der Waals surface area contributed by atoms with E-state index >= 15 is 0 Å². The minimum atomic E-state index is 0. The largest absolute Gasteiger partial charge is 0.370 e.